The summed E-state index contributed by atoms with van der Waals surface area (Å²) >= 11 is 0. The first-order valence-corrected chi connectivity index (χ1v) is 6.15. The van der Waals surface area contributed by atoms with Crippen LogP contribution >= 0.6 is 0 Å². The predicted molar refractivity (Wildman–Crippen MR) is 72.9 cm³/mol. The van der Waals surface area contributed by atoms with E-state index in [0.29, 0.717) is 12.8 Å². The second-order valence-electron chi connectivity index (χ2n) is 4.48. The minimum Gasteiger partial charge on any atom is -0.328 e. The van der Waals surface area contributed by atoms with Crippen molar-refractivity contribution in [3.05, 3.63) is 36.9 Å². The fraction of sp³-hybridized carbons (Fsp3) is 0.308. The van der Waals surface area contributed by atoms with Gasteiger partial charge in [-0.05, 0) is 31.5 Å². The average Bonchev–Trinajstić information content (AvgIpc) is 2.90. The lowest BCUT2D eigenvalue weighted by Gasteiger charge is -2.08. The smallest absolute Gasteiger partial charge is 0.224 e. The van der Waals surface area contributed by atoms with E-state index in [4.69, 9.17) is 5.73 Å². The first-order chi connectivity index (χ1) is 9.15. The van der Waals surface area contributed by atoms with Crippen LogP contribution in [0.2, 0.25) is 0 Å². The minimum absolute atomic E-state index is 0.0294. The molecular formula is C13H17N5O. The van der Waals surface area contributed by atoms with Crippen molar-refractivity contribution in [3.63, 3.8) is 0 Å². The van der Waals surface area contributed by atoms with Gasteiger partial charge in [0.1, 0.15) is 12.7 Å². The van der Waals surface area contributed by atoms with Gasteiger partial charge >= 0.3 is 0 Å². The molecular weight excluding hydrogens is 242 g/mol. The highest BCUT2D eigenvalue weighted by atomic mass is 16.1. The molecule has 0 aliphatic rings. The molecule has 0 radical (unpaired) electrons. The summed E-state index contributed by atoms with van der Waals surface area (Å²) in [5, 5.41) is 10.4. The maximum atomic E-state index is 11.7. The Hall–Kier alpha value is -2.21. The summed E-state index contributed by atoms with van der Waals surface area (Å²) in [6.45, 7) is 1.89. The van der Waals surface area contributed by atoms with Crippen LogP contribution in [0.25, 0.3) is 5.69 Å². The Bertz CT molecular complexity index is 536. The van der Waals surface area contributed by atoms with Crippen molar-refractivity contribution in [2.75, 3.05) is 5.32 Å². The van der Waals surface area contributed by atoms with Crippen LogP contribution in [0.5, 0.6) is 0 Å². The molecule has 6 nitrogen and oxygen atoms in total. The molecule has 0 saturated carbocycles. The molecule has 2 aromatic rings. The fourth-order valence-electron chi connectivity index (χ4n) is 1.66. The summed E-state index contributed by atoms with van der Waals surface area (Å²) in [5.74, 6) is -0.0294. The van der Waals surface area contributed by atoms with Crippen LogP contribution in [-0.4, -0.2) is 26.7 Å². The number of carbonyl (C=O) groups excluding carboxylic acids is 1. The van der Waals surface area contributed by atoms with Gasteiger partial charge in [-0.25, -0.2) is 0 Å². The van der Waals surface area contributed by atoms with Crippen molar-refractivity contribution in [3.8, 4) is 5.69 Å². The number of hydrogen-bond acceptors (Lipinski definition) is 4. The Morgan fingerprint density at radius 2 is 2.16 bits per heavy atom. The van der Waals surface area contributed by atoms with Gasteiger partial charge in [-0.15, -0.1) is 10.2 Å². The van der Waals surface area contributed by atoms with Gasteiger partial charge in [0.05, 0.1) is 5.69 Å². The van der Waals surface area contributed by atoms with Crippen molar-refractivity contribution in [1.29, 1.82) is 0 Å². The lowest BCUT2D eigenvalue weighted by Crippen LogP contribution is -2.19. The lowest BCUT2D eigenvalue weighted by atomic mass is 10.2. The van der Waals surface area contributed by atoms with E-state index in [2.05, 4.69) is 15.5 Å². The second-order valence-corrected chi connectivity index (χ2v) is 4.48. The molecule has 1 aromatic heterocycles. The van der Waals surface area contributed by atoms with Crippen LogP contribution in [0.4, 0.5) is 5.69 Å². The Kier molecular flexibility index (Phi) is 4.25. The van der Waals surface area contributed by atoms with Crippen LogP contribution in [0, 0.1) is 0 Å². The number of amides is 1. The van der Waals surface area contributed by atoms with Gasteiger partial charge in [-0.1, -0.05) is 6.07 Å². The molecule has 0 saturated heterocycles. The van der Waals surface area contributed by atoms with Crippen LogP contribution in [-0.2, 0) is 4.79 Å². The molecule has 0 fully saturated rings. The predicted octanol–water partition coefficient (Wildman–Crippen LogP) is 1.33. The highest BCUT2D eigenvalue weighted by molar-refractivity contribution is 5.90. The summed E-state index contributed by atoms with van der Waals surface area (Å²) < 4.78 is 1.78. The highest BCUT2D eigenvalue weighted by Gasteiger charge is 2.05. The van der Waals surface area contributed by atoms with Crippen molar-refractivity contribution in [2.24, 2.45) is 5.73 Å². The Labute approximate surface area is 111 Å². The minimum atomic E-state index is -0.0294. The Balaban J connectivity index is 2.01. The number of nitrogens with zero attached hydrogens (tertiary/aromatic N) is 3. The molecule has 1 aromatic carbocycles. The second kappa shape index (κ2) is 6.10. The Morgan fingerprint density at radius 3 is 2.84 bits per heavy atom. The van der Waals surface area contributed by atoms with Crippen LogP contribution in [0.1, 0.15) is 19.8 Å². The quantitative estimate of drug-likeness (QED) is 0.848. The normalized spacial score (nSPS) is 12.1. The number of anilines is 1. The van der Waals surface area contributed by atoms with E-state index < -0.39 is 0 Å². The summed E-state index contributed by atoms with van der Waals surface area (Å²) in [6, 6.07) is 7.54. The molecule has 1 amide bonds. The van der Waals surface area contributed by atoms with E-state index in [1.54, 1.807) is 17.2 Å². The summed E-state index contributed by atoms with van der Waals surface area (Å²) in [4.78, 5) is 11.7. The fourth-order valence-corrected chi connectivity index (χ4v) is 1.66. The Morgan fingerprint density at radius 1 is 1.42 bits per heavy atom. The number of hydrogen-bond donors (Lipinski definition) is 2. The molecule has 1 unspecified atom stereocenters. The van der Waals surface area contributed by atoms with Gasteiger partial charge in [0.15, 0.2) is 0 Å². The SMILES string of the molecule is CC(N)CCC(=O)Nc1cccc(-n2cnnc2)c1. The maximum absolute atomic E-state index is 11.7. The third kappa shape index (κ3) is 3.89. The van der Waals surface area contributed by atoms with Gasteiger partial charge in [0, 0.05) is 18.2 Å². The third-order valence-corrected chi connectivity index (χ3v) is 2.67. The number of rotatable bonds is 5. The molecule has 100 valence electrons. The largest absolute Gasteiger partial charge is 0.328 e. The summed E-state index contributed by atoms with van der Waals surface area (Å²) in [7, 11) is 0. The molecule has 0 aliphatic carbocycles. The number of nitrogens with two attached hydrogens (primary N) is 1. The first kappa shape index (κ1) is 13.2. The van der Waals surface area contributed by atoms with Crippen molar-refractivity contribution in [1.82, 2.24) is 14.8 Å². The zero-order chi connectivity index (χ0) is 13.7. The average molecular weight is 259 g/mol. The van der Waals surface area contributed by atoms with E-state index >= 15 is 0 Å². The van der Waals surface area contributed by atoms with E-state index in [1.165, 1.54) is 0 Å². The summed E-state index contributed by atoms with van der Waals surface area (Å²) in [6.07, 6.45) is 4.32. The monoisotopic (exact) mass is 259 g/mol. The molecule has 6 heteroatoms. The van der Waals surface area contributed by atoms with E-state index in [1.807, 2.05) is 31.2 Å². The molecule has 0 spiro atoms. The maximum Gasteiger partial charge on any atom is 0.224 e. The van der Waals surface area contributed by atoms with Crippen molar-refractivity contribution in [2.45, 2.75) is 25.8 Å². The number of nitrogens with one attached hydrogen (secondary N) is 1. The molecule has 1 atom stereocenters. The van der Waals surface area contributed by atoms with Crippen LogP contribution in [0.3, 0.4) is 0 Å². The van der Waals surface area contributed by atoms with Gasteiger partial charge < -0.3 is 11.1 Å². The summed E-state index contributed by atoms with van der Waals surface area (Å²) in [5.41, 5.74) is 7.27. The first-order valence-electron chi connectivity index (χ1n) is 6.15. The zero-order valence-corrected chi connectivity index (χ0v) is 10.8. The topological polar surface area (TPSA) is 85.8 Å². The molecule has 0 aliphatic heterocycles. The van der Waals surface area contributed by atoms with Crippen molar-refractivity contribution < 1.29 is 4.79 Å². The van der Waals surface area contributed by atoms with E-state index in [-0.39, 0.29) is 11.9 Å². The third-order valence-electron chi connectivity index (χ3n) is 2.67. The zero-order valence-electron chi connectivity index (χ0n) is 10.8. The highest BCUT2D eigenvalue weighted by Crippen LogP contribution is 2.14. The van der Waals surface area contributed by atoms with Crippen molar-refractivity contribution >= 4 is 11.6 Å². The van der Waals surface area contributed by atoms with Crippen LogP contribution in [0.15, 0.2) is 36.9 Å². The van der Waals surface area contributed by atoms with E-state index in [9.17, 15) is 4.79 Å². The number of carbonyl (C=O) groups is 1. The van der Waals surface area contributed by atoms with Gasteiger partial charge in [-0.3, -0.25) is 9.36 Å². The number of aromatic nitrogens is 3. The molecule has 0 bridgehead atoms. The molecule has 1 heterocycles. The van der Waals surface area contributed by atoms with Crippen LogP contribution < -0.4 is 11.1 Å². The lowest BCUT2D eigenvalue weighted by molar-refractivity contribution is -0.116. The van der Waals surface area contributed by atoms with E-state index in [0.717, 1.165) is 11.4 Å². The standard InChI is InChI=1S/C13H17N5O/c1-10(14)5-6-13(19)17-11-3-2-4-12(7-11)18-8-15-16-9-18/h2-4,7-10H,5-6,14H2,1H3,(H,17,19). The molecule has 19 heavy (non-hydrogen) atoms. The molecule has 3 N–H and O–H groups in total. The van der Waals surface area contributed by atoms with Gasteiger partial charge in [-0.2, -0.15) is 0 Å². The van der Waals surface area contributed by atoms with Gasteiger partial charge in [0.25, 0.3) is 0 Å². The number of benzene rings is 1. The molecule has 2 rings (SSSR count). The van der Waals surface area contributed by atoms with Gasteiger partial charge in [0.2, 0.25) is 5.91 Å².